The van der Waals surface area contributed by atoms with Gasteiger partial charge >= 0.3 is 5.97 Å². The zero-order valence-corrected chi connectivity index (χ0v) is 20.4. The molecule has 0 radical (unpaired) electrons. The van der Waals surface area contributed by atoms with Crippen LogP contribution in [0.15, 0.2) is 58.7 Å². The molecule has 2 aliphatic rings. The van der Waals surface area contributed by atoms with Gasteiger partial charge in [0.25, 0.3) is 0 Å². The van der Waals surface area contributed by atoms with Gasteiger partial charge in [0.2, 0.25) is 6.29 Å². The van der Waals surface area contributed by atoms with Crippen LogP contribution in [0.3, 0.4) is 0 Å². The molecule has 1 heterocycles. The third-order valence-corrected chi connectivity index (χ3v) is 6.15. The highest BCUT2D eigenvalue weighted by atomic mass is 16.7. The highest BCUT2D eigenvalue weighted by molar-refractivity contribution is 5.83. The number of hydrogen-bond donors (Lipinski definition) is 3. The van der Waals surface area contributed by atoms with Crippen LogP contribution in [0, 0.1) is 5.41 Å². The number of carbonyl (C=O) groups is 2. The predicted octanol–water partition coefficient (Wildman–Crippen LogP) is 1.62. The molecule has 34 heavy (non-hydrogen) atoms. The van der Waals surface area contributed by atoms with Crippen LogP contribution in [-0.4, -0.2) is 58.0 Å². The Morgan fingerprint density at radius 1 is 1.09 bits per heavy atom. The summed E-state index contributed by atoms with van der Waals surface area (Å²) >= 11 is 0. The van der Waals surface area contributed by atoms with Crippen LogP contribution in [0.1, 0.15) is 53.9 Å². The van der Waals surface area contributed by atoms with Gasteiger partial charge in [0, 0.05) is 6.08 Å². The summed E-state index contributed by atoms with van der Waals surface area (Å²) < 4.78 is 9.79. The first-order valence-corrected chi connectivity index (χ1v) is 11.4. The average molecular weight is 476 g/mol. The number of carbonyl (C=O) groups excluding carboxylic acids is 2. The number of ether oxygens (including phenoxy) is 2. The molecule has 2 rings (SSSR count). The molecule has 3 N–H and O–H groups in total. The number of hydrogen-bond acceptors (Lipinski definition) is 8. The van der Waals surface area contributed by atoms with E-state index >= 15 is 0 Å². The molecule has 0 aromatic heterocycles. The van der Waals surface area contributed by atoms with Crippen molar-refractivity contribution in [1.29, 1.82) is 0 Å². The van der Waals surface area contributed by atoms with E-state index in [9.17, 15) is 30.0 Å². The molecule has 8 heteroatoms. The maximum Gasteiger partial charge on any atom is 0.333 e. The monoisotopic (exact) mass is 475 g/mol. The van der Waals surface area contributed by atoms with Crippen molar-refractivity contribution in [2.45, 2.75) is 84.6 Å². The van der Waals surface area contributed by atoms with Gasteiger partial charge < -0.3 is 34.7 Å². The molecule has 1 aliphatic carbocycles. The quantitative estimate of drug-likeness (QED) is 0.287. The fourth-order valence-electron chi connectivity index (χ4n) is 4.15. The summed E-state index contributed by atoms with van der Waals surface area (Å²) in [6, 6.07) is 0. The van der Waals surface area contributed by atoms with E-state index in [1.807, 2.05) is 13.0 Å². The lowest BCUT2D eigenvalue weighted by atomic mass is 9.72. The summed E-state index contributed by atoms with van der Waals surface area (Å²) in [4.78, 5) is 23.2. The standard InChI is InChI=1S/C26H36O8/c1-15(11-12-18-17(3)10-7-13-26(18,4)5)8-6-9-16(2)14-19(27)33-25-22(30)20(28)21(29)23(34-25)24(31)32/h6,8-9,11-12,14,20-23,25,28-30H,7,10,13H2,1-5H3,(H,31,32)/p-1/b9-6+,12-11+,15-8+,16-14+/t20-,21-,22+,23-,25+/m0/s1. The van der Waals surface area contributed by atoms with Crippen LogP contribution in [0.5, 0.6) is 0 Å². The largest absolute Gasteiger partial charge is 0.547 e. The predicted molar refractivity (Wildman–Crippen MR) is 124 cm³/mol. The van der Waals surface area contributed by atoms with E-state index in [-0.39, 0.29) is 5.41 Å². The van der Waals surface area contributed by atoms with Crippen molar-refractivity contribution in [3.63, 3.8) is 0 Å². The smallest absolute Gasteiger partial charge is 0.333 e. The second-order valence-corrected chi connectivity index (χ2v) is 9.58. The number of aliphatic carboxylic acids is 1. The van der Waals surface area contributed by atoms with Gasteiger partial charge in [0.1, 0.15) is 24.4 Å². The third-order valence-electron chi connectivity index (χ3n) is 6.15. The first-order chi connectivity index (χ1) is 15.8. The SMILES string of the molecule is CC1=C(/C=C/C(C)=C/C=C/C(C)=C/C(=O)O[C@@H]2O[C@H](C(=O)[O-])[C@@H](O)[C@H](O)[C@H]2O)C(C)(C)CCC1. The molecule has 5 atom stereocenters. The van der Waals surface area contributed by atoms with Crippen molar-refractivity contribution < 1.29 is 39.5 Å². The van der Waals surface area contributed by atoms with Crippen LogP contribution in [0.25, 0.3) is 0 Å². The first-order valence-electron chi connectivity index (χ1n) is 11.4. The second kappa shape index (κ2) is 11.8. The van der Waals surface area contributed by atoms with Gasteiger partial charge in [0.05, 0.1) is 5.97 Å². The van der Waals surface area contributed by atoms with Gasteiger partial charge in [-0.15, -0.1) is 0 Å². The normalized spacial score (nSPS) is 30.8. The summed E-state index contributed by atoms with van der Waals surface area (Å²) in [5.74, 6) is -2.71. The van der Waals surface area contributed by atoms with E-state index in [0.29, 0.717) is 5.57 Å². The van der Waals surface area contributed by atoms with Crippen molar-refractivity contribution in [2.75, 3.05) is 0 Å². The number of rotatable bonds is 7. The fraction of sp³-hybridized carbons (Fsp3) is 0.538. The van der Waals surface area contributed by atoms with E-state index in [2.05, 4.69) is 32.9 Å². The van der Waals surface area contributed by atoms with Gasteiger partial charge in [-0.1, -0.05) is 55.4 Å². The summed E-state index contributed by atoms with van der Waals surface area (Å²) in [5, 5.41) is 40.3. The maximum atomic E-state index is 12.1. The zero-order valence-electron chi connectivity index (χ0n) is 20.4. The van der Waals surface area contributed by atoms with Gasteiger partial charge in [-0.2, -0.15) is 0 Å². The van der Waals surface area contributed by atoms with E-state index in [0.717, 1.165) is 18.1 Å². The Balaban J connectivity index is 1.98. The number of aliphatic hydroxyl groups excluding tert-OH is 3. The van der Waals surface area contributed by atoms with Crippen LogP contribution in [0.4, 0.5) is 0 Å². The fourth-order valence-corrected chi connectivity index (χ4v) is 4.15. The molecule has 1 saturated heterocycles. The molecular weight excluding hydrogens is 440 g/mol. The van der Waals surface area contributed by atoms with Crippen molar-refractivity contribution >= 4 is 11.9 Å². The Morgan fingerprint density at radius 2 is 1.76 bits per heavy atom. The molecule has 0 aromatic carbocycles. The van der Waals surface area contributed by atoms with Crippen LogP contribution in [0.2, 0.25) is 0 Å². The molecule has 0 bridgehead atoms. The summed E-state index contributed by atoms with van der Waals surface area (Å²) in [6.45, 7) is 10.4. The van der Waals surface area contributed by atoms with Crippen LogP contribution >= 0.6 is 0 Å². The second-order valence-electron chi connectivity index (χ2n) is 9.58. The van der Waals surface area contributed by atoms with Gasteiger partial charge in [-0.05, 0) is 56.6 Å². The Morgan fingerprint density at radius 3 is 2.38 bits per heavy atom. The zero-order chi connectivity index (χ0) is 25.6. The number of esters is 1. The number of carboxylic acid groups (broad SMARTS) is 1. The Kier molecular flexibility index (Phi) is 9.58. The summed E-state index contributed by atoms with van der Waals surface area (Å²) in [6.07, 6.45) is 4.95. The number of carboxylic acids is 1. The van der Waals surface area contributed by atoms with Gasteiger partial charge in [-0.3, -0.25) is 0 Å². The maximum absolute atomic E-state index is 12.1. The topological polar surface area (TPSA) is 136 Å². The minimum atomic E-state index is -1.94. The molecule has 0 aromatic rings. The molecule has 0 saturated carbocycles. The number of allylic oxidation sites excluding steroid dienone is 9. The molecule has 8 nitrogen and oxygen atoms in total. The summed E-state index contributed by atoms with van der Waals surface area (Å²) in [5.41, 5.74) is 4.53. The summed E-state index contributed by atoms with van der Waals surface area (Å²) in [7, 11) is 0. The molecule has 0 spiro atoms. The van der Waals surface area contributed by atoms with Crippen molar-refractivity contribution in [1.82, 2.24) is 0 Å². The Labute approximate surface area is 200 Å². The van der Waals surface area contributed by atoms with Crippen molar-refractivity contribution in [3.8, 4) is 0 Å². The number of aliphatic hydroxyl groups is 3. The highest BCUT2D eigenvalue weighted by Gasteiger charge is 2.46. The molecule has 0 amide bonds. The third kappa shape index (κ3) is 7.24. The van der Waals surface area contributed by atoms with Crippen molar-refractivity contribution in [2.24, 2.45) is 5.41 Å². The van der Waals surface area contributed by atoms with Crippen LogP contribution in [-0.2, 0) is 19.1 Å². The van der Waals surface area contributed by atoms with E-state index in [4.69, 9.17) is 9.47 Å². The molecule has 1 aliphatic heterocycles. The average Bonchev–Trinajstić information content (AvgIpc) is 2.73. The molecule has 188 valence electrons. The first kappa shape index (κ1) is 27.7. The minimum absolute atomic E-state index is 0.166. The Bertz CT molecular complexity index is 921. The van der Waals surface area contributed by atoms with Gasteiger partial charge in [0.15, 0.2) is 0 Å². The van der Waals surface area contributed by atoms with Gasteiger partial charge in [-0.25, -0.2) is 4.79 Å². The van der Waals surface area contributed by atoms with E-state index in [1.165, 1.54) is 24.0 Å². The highest BCUT2D eigenvalue weighted by Crippen LogP contribution is 2.40. The molecule has 1 fully saturated rings. The van der Waals surface area contributed by atoms with E-state index in [1.54, 1.807) is 19.1 Å². The lowest BCUT2D eigenvalue weighted by molar-refractivity contribution is -0.345. The Hall–Kier alpha value is -2.52. The van der Waals surface area contributed by atoms with Crippen LogP contribution < -0.4 is 5.11 Å². The molecule has 0 unspecified atom stereocenters. The lowest BCUT2D eigenvalue weighted by Gasteiger charge is -2.39. The van der Waals surface area contributed by atoms with E-state index < -0.39 is 42.6 Å². The lowest BCUT2D eigenvalue weighted by Crippen LogP contribution is -2.62. The van der Waals surface area contributed by atoms with Crippen molar-refractivity contribution in [3.05, 3.63) is 58.7 Å². The minimum Gasteiger partial charge on any atom is -0.547 e. The molecular formula is C26H35O8-.